The van der Waals surface area contributed by atoms with Gasteiger partial charge < -0.3 is 9.80 Å². The molecule has 3 heterocycles. The van der Waals surface area contributed by atoms with Crippen LogP contribution in [0.15, 0.2) is 29.1 Å². The van der Waals surface area contributed by atoms with E-state index in [2.05, 4.69) is 14.9 Å². The normalized spacial score (nSPS) is 20.9. The highest BCUT2D eigenvalue weighted by atomic mass is 16.2. The molecule has 0 unspecified atom stereocenters. The summed E-state index contributed by atoms with van der Waals surface area (Å²) in [6, 6.07) is 7.83. The summed E-state index contributed by atoms with van der Waals surface area (Å²) in [7, 11) is 0. The Kier molecular flexibility index (Phi) is 6.28. The minimum Gasteiger partial charge on any atom is -0.338 e. The van der Waals surface area contributed by atoms with Crippen LogP contribution in [0.25, 0.3) is 10.8 Å². The van der Waals surface area contributed by atoms with Crippen molar-refractivity contribution in [1.82, 2.24) is 19.6 Å². The first-order valence-electron chi connectivity index (χ1n) is 11.2. The Hall–Kier alpha value is -2.21. The molecule has 6 nitrogen and oxygen atoms in total. The third kappa shape index (κ3) is 4.37. The molecule has 0 saturated carbocycles. The number of amides is 1. The van der Waals surface area contributed by atoms with Crippen LogP contribution in [0.5, 0.6) is 0 Å². The van der Waals surface area contributed by atoms with Crippen molar-refractivity contribution in [3.05, 3.63) is 40.3 Å². The summed E-state index contributed by atoms with van der Waals surface area (Å²) in [6.07, 6.45) is 7.50. The van der Waals surface area contributed by atoms with Crippen LogP contribution in [0.1, 0.15) is 51.1 Å². The first-order chi connectivity index (χ1) is 14.2. The van der Waals surface area contributed by atoms with Gasteiger partial charge >= 0.3 is 0 Å². The van der Waals surface area contributed by atoms with Gasteiger partial charge in [0.15, 0.2) is 0 Å². The van der Waals surface area contributed by atoms with E-state index in [0.717, 1.165) is 44.4 Å². The van der Waals surface area contributed by atoms with Crippen molar-refractivity contribution in [2.75, 3.05) is 26.2 Å². The minimum atomic E-state index is -0.0831. The largest absolute Gasteiger partial charge is 0.338 e. The molecule has 2 fully saturated rings. The molecule has 2 aliphatic rings. The fourth-order valence-electron chi connectivity index (χ4n) is 4.85. The van der Waals surface area contributed by atoms with Gasteiger partial charge in [0.25, 0.3) is 5.56 Å². The number of hydrogen-bond acceptors (Lipinski definition) is 4. The molecule has 1 atom stereocenters. The van der Waals surface area contributed by atoms with E-state index in [-0.39, 0.29) is 17.9 Å². The van der Waals surface area contributed by atoms with E-state index in [0.29, 0.717) is 23.7 Å². The van der Waals surface area contributed by atoms with Crippen molar-refractivity contribution < 1.29 is 4.79 Å². The lowest BCUT2D eigenvalue weighted by Crippen LogP contribution is -2.50. The molecule has 2 aliphatic heterocycles. The Morgan fingerprint density at radius 3 is 2.52 bits per heavy atom. The van der Waals surface area contributed by atoms with Crippen LogP contribution in [0.4, 0.5) is 0 Å². The Bertz CT molecular complexity index is 917. The molecule has 4 rings (SSSR count). The molecule has 0 radical (unpaired) electrons. The Labute approximate surface area is 172 Å². The minimum absolute atomic E-state index is 0.0831. The zero-order valence-electron chi connectivity index (χ0n) is 17.5. The molecule has 1 aromatic carbocycles. The van der Waals surface area contributed by atoms with E-state index >= 15 is 0 Å². The van der Waals surface area contributed by atoms with Crippen LogP contribution in [0.2, 0.25) is 0 Å². The number of nitrogens with zero attached hydrogens (tertiary/aromatic N) is 4. The number of piperidine rings is 2. The van der Waals surface area contributed by atoms with E-state index in [9.17, 15) is 9.59 Å². The number of carbonyl (C=O) groups is 1. The monoisotopic (exact) mass is 396 g/mol. The summed E-state index contributed by atoms with van der Waals surface area (Å²) in [6.45, 7) is 6.57. The van der Waals surface area contributed by atoms with Crippen LogP contribution in [-0.2, 0) is 17.8 Å². The predicted molar refractivity (Wildman–Crippen MR) is 115 cm³/mol. The average Bonchev–Trinajstić information content (AvgIpc) is 2.77. The van der Waals surface area contributed by atoms with E-state index in [1.54, 1.807) is 0 Å². The molecule has 0 spiro atoms. The van der Waals surface area contributed by atoms with Gasteiger partial charge in [0.2, 0.25) is 5.91 Å². The van der Waals surface area contributed by atoms with Gasteiger partial charge in [0, 0.05) is 31.1 Å². The van der Waals surface area contributed by atoms with Crippen molar-refractivity contribution in [2.24, 2.45) is 0 Å². The lowest BCUT2D eigenvalue weighted by atomic mass is 9.99. The zero-order chi connectivity index (χ0) is 20.2. The van der Waals surface area contributed by atoms with Gasteiger partial charge in [-0.3, -0.25) is 9.59 Å². The van der Waals surface area contributed by atoms with Crippen LogP contribution in [-0.4, -0.2) is 57.7 Å². The summed E-state index contributed by atoms with van der Waals surface area (Å²) >= 11 is 0. The molecule has 156 valence electrons. The second kappa shape index (κ2) is 9.08. The van der Waals surface area contributed by atoms with Crippen LogP contribution >= 0.6 is 0 Å². The Morgan fingerprint density at radius 2 is 1.76 bits per heavy atom. The Morgan fingerprint density at radius 1 is 1.03 bits per heavy atom. The molecule has 0 N–H and O–H groups in total. The average molecular weight is 397 g/mol. The molecule has 0 bridgehead atoms. The standard InChI is InChI=1S/C23H32N4O2/c1-2-27-23(29)20-12-5-4-11-19(20)21(24-27)16-22(28)26-15-9-6-10-18(26)17-25-13-7-3-8-14-25/h4-5,11-12,18H,2-3,6-10,13-17H2,1H3/t18-/m0/s1. The molecule has 1 aromatic heterocycles. The number of fused-ring (bicyclic) bond motifs is 1. The second-order valence-electron chi connectivity index (χ2n) is 8.39. The smallest absolute Gasteiger partial charge is 0.274 e. The molecule has 2 aromatic rings. The van der Waals surface area contributed by atoms with Gasteiger partial charge in [-0.05, 0) is 58.2 Å². The van der Waals surface area contributed by atoms with Crippen molar-refractivity contribution in [3.63, 3.8) is 0 Å². The van der Waals surface area contributed by atoms with Gasteiger partial charge in [0.1, 0.15) is 0 Å². The number of hydrogen-bond donors (Lipinski definition) is 0. The highest BCUT2D eigenvalue weighted by Crippen LogP contribution is 2.22. The third-order valence-electron chi connectivity index (χ3n) is 6.43. The maximum absolute atomic E-state index is 13.3. The van der Waals surface area contributed by atoms with Gasteiger partial charge in [-0.15, -0.1) is 0 Å². The number of benzene rings is 1. The summed E-state index contributed by atoms with van der Waals surface area (Å²) in [5, 5.41) is 6.00. The maximum Gasteiger partial charge on any atom is 0.274 e. The lowest BCUT2D eigenvalue weighted by molar-refractivity contribution is -0.134. The number of aromatic nitrogens is 2. The first-order valence-corrected chi connectivity index (χ1v) is 11.2. The second-order valence-corrected chi connectivity index (χ2v) is 8.39. The van der Waals surface area contributed by atoms with Crippen molar-refractivity contribution in [2.45, 2.75) is 64.5 Å². The highest BCUT2D eigenvalue weighted by molar-refractivity contribution is 5.88. The molecular weight excluding hydrogens is 364 g/mol. The fraction of sp³-hybridized carbons (Fsp3) is 0.609. The quantitative estimate of drug-likeness (QED) is 0.780. The number of rotatable bonds is 5. The van der Waals surface area contributed by atoms with Crippen LogP contribution in [0, 0.1) is 0 Å². The molecular formula is C23H32N4O2. The van der Waals surface area contributed by atoms with Crippen molar-refractivity contribution >= 4 is 16.7 Å². The number of likely N-dealkylation sites (tertiary alicyclic amines) is 2. The summed E-state index contributed by atoms with van der Waals surface area (Å²) in [5.41, 5.74) is 0.634. The molecule has 2 saturated heterocycles. The van der Waals surface area contributed by atoms with E-state index < -0.39 is 0 Å². The topological polar surface area (TPSA) is 58.4 Å². The summed E-state index contributed by atoms with van der Waals surface area (Å²) < 4.78 is 1.48. The van der Waals surface area contributed by atoms with E-state index in [1.807, 2.05) is 31.2 Å². The first kappa shape index (κ1) is 20.1. The van der Waals surface area contributed by atoms with Crippen LogP contribution < -0.4 is 5.56 Å². The third-order valence-corrected chi connectivity index (χ3v) is 6.43. The predicted octanol–water partition coefficient (Wildman–Crippen LogP) is 2.83. The van der Waals surface area contributed by atoms with Gasteiger partial charge in [-0.25, -0.2) is 4.68 Å². The van der Waals surface area contributed by atoms with E-state index in [1.165, 1.54) is 30.4 Å². The summed E-state index contributed by atoms with van der Waals surface area (Å²) in [5.74, 6) is 0.144. The van der Waals surface area contributed by atoms with E-state index in [4.69, 9.17) is 0 Å². The maximum atomic E-state index is 13.3. The Balaban J connectivity index is 1.56. The molecule has 6 heteroatoms. The number of carbonyl (C=O) groups excluding carboxylic acids is 1. The van der Waals surface area contributed by atoms with Crippen molar-refractivity contribution in [1.29, 1.82) is 0 Å². The molecule has 1 amide bonds. The SMILES string of the molecule is CCn1nc(CC(=O)N2CCCC[C@H]2CN2CCCCC2)c2ccccc2c1=O. The fourth-order valence-corrected chi connectivity index (χ4v) is 4.85. The van der Waals surface area contributed by atoms with Gasteiger partial charge in [-0.1, -0.05) is 24.6 Å². The van der Waals surface area contributed by atoms with Gasteiger partial charge in [-0.2, -0.15) is 5.10 Å². The van der Waals surface area contributed by atoms with Crippen LogP contribution in [0.3, 0.4) is 0 Å². The number of aryl methyl sites for hydroxylation is 1. The zero-order valence-corrected chi connectivity index (χ0v) is 17.5. The van der Waals surface area contributed by atoms with Crippen molar-refractivity contribution in [3.8, 4) is 0 Å². The van der Waals surface area contributed by atoms with Gasteiger partial charge in [0.05, 0.1) is 17.5 Å². The molecule has 29 heavy (non-hydrogen) atoms. The lowest BCUT2D eigenvalue weighted by Gasteiger charge is -2.39. The molecule has 0 aliphatic carbocycles. The highest BCUT2D eigenvalue weighted by Gasteiger charge is 2.29. The summed E-state index contributed by atoms with van der Waals surface area (Å²) in [4.78, 5) is 30.5.